The van der Waals surface area contributed by atoms with Crippen molar-refractivity contribution in [1.29, 1.82) is 0 Å². The number of rotatable bonds is 6. The van der Waals surface area contributed by atoms with Gasteiger partial charge in [-0.15, -0.1) is 12.4 Å². The summed E-state index contributed by atoms with van der Waals surface area (Å²) in [5.74, 6) is 0.222. The van der Waals surface area contributed by atoms with E-state index < -0.39 is 10.0 Å². The Morgan fingerprint density at radius 1 is 1.35 bits per heavy atom. The van der Waals surface area contributed by atoms with Crippen molar-refractivity contribution in [1.82, 2.24) is 10.0 Å². The van der Waals surface area contributed by atoms with E-state index in [0.29, 0.717) is 13.0 Å². The Hall–Kier alpha value is -1.15. The predicted molar refractivity (Wildman–Crippen MR) is 91.7 cm³/mol. The lowest BCUT2D eigenvalue weighted by molar-refractivity contribution is -0.122. The van der Waals surface area contributed by atoms with E-state index >= 15 is 0 Å². The number of hydrogen-bond acceptors (Lipinski definition) is 4. The smallest absolute Gasteiger partial charge is 0.240 e. The van der Waals surface area contributed by atoms with Crippen molar-refractivity contribution in [2.24, 2.45) is 11.7 Å². The first kappa shape index (κ1) is 19.9. The summed E-state index contributed by atoms with van der Waals surface area (Å²) < 4.78 is 25.8. The van der Waals surface area contributed by atoms with Gasteiger partial charge in [-0.05, 0) is 43.5 Å². The van der Waals surface area contributed by atoms with Crippen LogP contribution in [-0.2, 0) is 21.4 Å². The highest BCUT2D eigenvalue weighted by molar-refractivity contribution is 7.89. The quantitative estimate of drug-likeness (QED) is 0.707. The standard InChI is InChI=1S/C15H23N3O3S.ClH/c1-17-22(20,21)13-6-2-4-11(8-13)10-18-15(19)9-12-5-3-7-14(12)16;/h2,4,6,8,12,14,17H,3,5,7,9-10,16H2,1H3,(H,18,19);1H/t12-,14+;/m0./s1. The van der Waals surface area contributed by atoms with Gasteiger partial charge in [0.15, 0.2) is 0 Å². The number of nitrogens with two attached hydrogens (primary N) is 1. The third kappa shape index (κ3) is 5.46. The minimum atomic E-state index is -3.46. The Labute approximate surface area is 143 Å². The van der Waals surface area contributed by atoms with Crippen molar-refractivity contribution in [2.75, 3.05) is 7.05 Å². The molecular weight excluding hydrogens is 338 g/mol. The molecule has 0 radical (unpaired) electrons. The van der Waals surface area contributed by atoms with Gasteiger partial charge in [0.05, 0.1) is 4.90 Å². The fourth-order valence-corrected chi connectivity index (χ4v) is 3.57. The van der Waals surface area contributed by atoms with Crippen molar-refractivity contribution < 1.29 is 13.2 Å². The van der Waals surface area contributed by atoms with Gasteiger partial charge >= 0.3 is 0 Å². The first-order valence-corrected chi connectivity index (χ1v) is 8.95. The van der Waals surface area contributed by atoms with Crippen LogP contribution >= 0.6 is 12.4 Å². The fraction of sp³-hybridized carbons (Fsp3) is 0.533. The number of sulfonamides is 1. The fourth-order valence-electron chi connectivity index (χ4n) is 2.77. The Bertz CT molecular complexity index is 637. The normalized spacial score (nSPS) is 20.8. The van der Waals surface area contributed by atoms with Crippen LogP contribution < -0.4 is 15.8 Å². The molecule has 2 atom stereocenters. The van der Waals surface area contributed by atoms with Gasteiger partial charge in [0.25, 0.3) is 0 Å². The van der Waals surface area contributed by atoms with Crippen LogP contribution in [0.15, 0.2) is 29.2 Å². The van der Waals surface area contributed by atoms with Gasteiger partial charge in [0.2, 0.25) is 15.9 Å². The predicted octanol–water partition coefficient (Wildman–Crippen LogP) is 1.15. The number of halogens is 1. The average molecular weight is 362 g/mol. The summed E-state index contributed by atoms with van der Waals surface area (Å²) in [4.78, 5) is 12.2. The summed E-state index contributed by atoms with van der Waals surface area (Å²) in [5, 5.41) is 2.83. The Balaban J connectivity index is 0.00000264. The van der Waals surface area contributed by atoms with Gasteiger partial charge in [0.1, 0.15) is 0 Å². The molecular formula is C15H24ClN3O3S. The molecule has 1 aromatic rings. The summed E-state index contributed by atoms with van der Waals surface area (Å²) >= 11 is 0. The summed E-state index contributed by atoms with van der Waals surface area (Å²) in [6.07, 6.45) is 3.52. The molecule has 130 valence electrons. The van der Waals surface area contributed by atoms with Crippen molar-refractivity contribution in [3.8, 4) is 0 Å². The molecule has 1 aliphatic rings. The van der Waals surface area contributed by atoms with E-state index in [2.05, 4.69) is 10.0 Å². The van der Waals surface area contributed by atoms with Crippen LogP contribution in [0.2, 0.25) is 0 Å². The van der Waals surface area contributed by atoms with Crippen LogP contribution in [-0.4, -0.2) is 27.4 Å². The third-order valence-electron chi connectivity index (χ3n) is 4.13. The lowest BCUT2D eigenvalue weighted by Gasteiger charge is -2.15. The molecule has 0 aliphatic heterocycles. The minimum absolute atomic E-state index is 0. The van der Waals surface area contributed by atoms with Gasteiger partial charge < -0.3 is 11.1 Å². The van der Waals surface area contributed by atoms with E-state index in [1.54, 1.807) is 18.2 Å². The van der Waals surface area contributed by atoms with Crippen molar-refractivity contribution in [3.05, 3.63) is 29.8 Å². The number of amides is 1. The number of carbonyl (C=O) groups is 1. The molecule has 1 saturated carbocycles. The average Bonchev–Trinajstić information content (AvgIpc) is 2.90. The maximum Gasteiger partial charge on any atom is 0.240 e. The molecule has 0 heterocycles. The SMILES string of the molecule is CNS(=O)(=O)c1cccc(CNC(=O)C[C@@H]2CCC[C@H]2N)c1.Cl. The topological polar surface area (TPSA) is 101 Å². The van der Waals surface area contributed by atoms with Crippen molar-refractivity contribution >= 4 is 28.3 Å². The second-order valence-corrected chi connectivity index (χ2v) is 7.58. The highest BCUT2D eigenvalue weighted by Gasteiger charge is 2.25. The Morgan fingerprint density at radius 3 is 2.70 bits per heavy atom. The molecule has 1 aromatic carbocycles. The summed E-state index contributed by atoms with van der Waals surface area (Å²) in [5.41, 5.74) is 6.71. The number of carbonyl (C=O) groups excluding carboxylic acids is 1. The summed E-state index contributed by atoms with van der Waals surface area (Å²) in [6, 6.07) is 6.66. The number of nitrogens with one attached hydrogen (secondary N) is 2. The lowest BCUT2D eigenvalue weighted by Crippen LogP contribution is -2.31. The minimum Gasteiger partial charge on any atom is -0.352 e. The summed E-state index contributed by atoms with van der Waals surface area (Å²) in [6.45, 7) is 0.313. The monoisotopic (exact) mass is 361 g/mol. The number of hydrogen-bond donors (Lipinski definition) is 3. The molecule has 1 amide bonds. The zero-order valence-electron chi connectivity index (χ0n) is 13.1. The van der Waals surface area contributed by atoms with Gasteiger partial charge in [0, 0.05) is 19.0 Å². The lowest BCUT2D eigenvalue weighted by atomic mass is 10.00. The first-order valence-electron chi connectivity index (χ1n) is 7.47. The van der Waals surface area contributed by atoms with E-state index in [0.717, 1.165) is 24.8 Å². The van der Waals surface area contributed by atoms with Crippen LogP contribution in [0.3, 0.4) is 0 Å². The van der Waals surface area contributed by atoms with E-state index in [1.165, 1.54) is 13.1 Å². The van der Waals surface area contributed by atoms with Crippen molar-refractivity contribution in [3.63, 3.8) is 0 Å². The van der Waals surface area contributed by atoms with Crippen LogP contribution in [0.5, 0.6) is 0 Å². The first-order chi connectivity index (χ1) is 10.4. The van der Waals surface area contributed by atoms with E-state index in [-0.39, 0.29) is 35.2 Å². The second kappa shape index (κ2) is 8.63. The van der Waals surface area contributed by atoms with E-state index in [4.69, 9.17) is 5.73 Å². The van der Waals surface area contributed by atoms with Crippen LogP contribution in [0, 0.1) is 5.92 Å². The second-order valence-electron chi connectivity index (χ2n) is 5.69. The van der Waals surface area contributed by atoms with Gasteiger partial charge in [-0.1, -0.05) is 18.6 Å². The van der Waals surface area contributed by atoms with Gasteiger partial charge in [-0.3, -0.25) is 4.79 Å². The van der Waals surface area contributed by atoms with Gasteiger partial charge in [-0.25, -0.2) is 13.1 Å². The molecule has 4 N–H and O–H groups in total. The maximum atomic E-state index is 12.0. The van der Waals surface area contributed by atoms with Crippen LogP contribution in [0.4, 0.5) is 0 Å². The molecule has 23 heavy (non-hydrogen) atoms. The molecule has 0 spiro atoms. The number of benzene rings is 1. The van der Waals surface area contributed by atoms with Crippen molar-refractivity contribution in [2.45, 2.75) is 43.2 Å². The summed E-state index contributed by atoms with van der Waals surface area (Å²) in [7, 11) is -2.09. The molecule has 1 fully saturated rings. The molecule has 0 aromatic heterocycles. The van der Waals surface area contributed by atoms with E-state index in [1.807, 2.05) is 0 Å². The van der Waals surface area contributed by atoms with E-state index in [9.17, 15) is 13.2 Å². The van der Waals surface area contributed by atoms with Crippen LogP contribution in [0.1, 0.15) is 31.2 Å². The zero-order valence-corrected chi connectivity index (χ0v) is 14.8. The molecule has 0 saturated heterocycles. The molecule has 6 nitrogen and oxygen atoms in total. The largest absolute Gasteiger partial charge is 0.352 e. The Morgan fingerprint density at radius 2 is 2.09 bits per heavy atom. The molecule has 1 aliphatic carbocycles. The maximum absolute atomic E-state index is 12.0. The highest BCUT2D eigenvalue weighted by atomic mass is 35.5. The van der Waals surface area contributed by atoms with Gasteiger partial charge in [-0.2, -0.15) is 0 Å². The molecule has 0 unspecified atom stereocenters. The molecule has 8 heteroatoms. The van der Waals surface area contributed by atoms with Crippen LogP contribution in [0.25, 0.3) is 0 Å². The molecule has 0 bridgehead atoms. The third-order valence-corrected chi connectivity index (χ3v) is 5.54. The highest BCUT2D eigenvalue weighted by Crippen LogP contribution is 2.26. The Kier molecular flexibility index (Phi) is 7.47. The zero-order chi connectivity index (χ0) is 16.2. The molecule has 2 rings (SSSR count).